The maximum Gasteiger partial charge on any atom is 0.254 e. The van der Waals surface area contributed by atoms with Gasteiger partial charge < -0.3 is 14.4 Å². The van der Waals surface area contributed by atoms with Crippen molar-refractivity contribution in [1.82, 2.24) is 4.90 Å². The fourth-order valence-electron chi connectivity index (χ4n) is 3.33. The Hall–Kier alpha value is -3.27. The Kier molecular flexibility index (Phi) is 5.29. The van der Waals surface area contributed by atoms with Crippen LogP contribution in [-0.4, -0.2) is 17.6 Å². The number of carbonyl (C=O) groups excluding carboxylic acids is 1. The van der Waals surface area contributed by atoms with E-state index in [1.165, 1.54) is 5.56 Å². The van der Waals surface area contributed by atoms with Gasteiger partial charge in [-0.2, -0.15) is 0 Å². The number of ether oxygens (including phenoxy) is 2. The molecule has 0 aliphatic carbocycles. The Morgan fingerprint density at radius 2 is 1.50 bits per heavy atom. The summed E-state index contributed by atoms with van der Waals surface area (Å²) in [5, 5.41) is 0. The SMILES string of the molecule is CCc1ccc(C(=O)N(Cc2ccccc2)Cc2ccc3c(c2)OCO3)cc1. The van der Waals surface area contributed by atoms with E-state index < -0.39 is 0 Å². The quantitative estimate of drug-likeness (QED) is 0.622. The van der Waals surface area contributed by atoms with E-state index in [2.05, 4.69) is 6.92 Å². The molecule has 0 N–H and O–H groups in total. The first-order valence-electron chi connectivity index (χ1n) is 9.53. The number of benzene rings is 3. The summed E-state index contributed by atoms with van der Waals surface area (Å²) in [7, 11) is 0. The lowest BCUT2D eigenvalue weighted by Crippen LogP contribution is -2.30. The van der Waals surface area contributed by atoms with Crippen LogP contribution in [0, 0.1) is 0 Å². The van der Waals surface area contributed by atoms with Crippen LogP contribution in [-0.2, 0) is 19.5 Å². The molecule has 4 heteroatoms. The van der Waals surface area contributed by atoms with Crippen molar-refractivity contribution in [2.75, 3.05) is 6.79 Å². The number of rotatable bonds is 6. The Balaban J connectivity index is 1.60. The van der Waals surface area contributed by atoms with Gasteiger partial charge in [0.05, 0.1) is 0 Å². The van der Waals surface area contributed by atoms with Crippen LogP contribution in [0.2, 0.25) is 0 Å². The van der Waals surface area contributed by atoms with Gasteiger partial charge in [-0.05, 0) is 47.4 Å². The van der Waals surface area contributed by atoms with Gasteiger partial charge >= 0.3 is 0 Å². The van der Waals surface area contributed by atoms with Gasteiger partial charge in [0.2, 0.25) is 6.79 Å². The van der Waals surface area contributed by atoms with E-state index in [0.717, 1.165) is 29.0 Å². The van der Waals surface area contributed by atoms with E-state index >= 15 is 0 Å². The van der Waals surface area contributed by atoms with Crippen molar-refractivity contribution in [2.45, 2.75) is 26.4 Å². The average Bonchev–Trinajstić information content (AvgIpc) is 3.21. The number of nitrogens with zero attached hydrogens (tertiary/aromatic N) is 1. The molecule has 0 unspecified atom stereocenters. The molecular weight excluding hydrogens is 350 g/mol. The van der Waals surface area contributed by atoms with Crippen molar-refractivity contribution in [3.05, 3.63) is 95.1 Å². The molecule has 3 aromatic carbocycles. The monoisotopic (exact) mass is 373 g/mol. The molecule has 3 aromatic rings. The average molecular weight is 373 g/mol. The zero-order valence-corrected chi connectivity index (χ0v) is 15.9. The molecule has 0 atom stereocenters. The van der Waals surface area contributed by atoms with Gasteiger partial charge in [-0.15, -0.1) is 0 Å². The first-order valence-corrected chi connectivity index (χ1v) is 9.53. The first-order chi connectivity index (χ1) is 13.7. The molecule has 1 amide bonds. The number of hydrogen-bond donors (Lipinski definition) is 0. The molecule has 0 spiro atoms. The molecule has 4 nitrogen and oxygen atoms in total. The molecule has 0 radical (unpaired) electrons. The third-order valence-corrected chi connectivity index (χ3v) is 4.92. The fraction of sp³-hybridized carbons (Fsp3) is 0.208. The Morgan fingerprint density at radius 3 is 2.25 bits per heavy atom. The van der Waals surface area contributed by atoms with Crippen LogP contribution in [0.3, 0.4) is 0 Å². The van der Waals surface area contributed by atoms with Gasteiger partial charge in [0, 0.05) is 18.7 Å². The lowest BCUT2D eigenvalue weighted by molar-refractivity contribution is 0.0730. The molecule has 4 rings (SSSR count). The second-order valence-corrected chi connectivity index (χ2v) is 6.88. The third-order valence-electron chi connectivity index (χ3n) is 4.92. The minimum atomic E-state index is 0.0178. The van der Waals surface area contributed by atoms with Gasteiger partial charge in [0.15, 0.2) is 11.5 Å². The third kappa shape index (κ3) is 4.01. The number of fused-ring (bicyclic) bond motifs is 1. The second-order valence-electron chi connectivity index (χ2n) is 6.88. The molecular formula is C24H23NO3. The van der Waals surface area contributed by atoms with E-state index in [9.17, 15) is 4.79 Å². The highest BCUT2D eigenvalue weighted by Crippen LogP contribution is 2.33. The van der Waals surface area contributed by atoms with Gasteiger partial charge in [-0.1, -0.05) is 55.5 Å². The lowest BCUT2D eigenvalue weighted by atomic mass is 10.1. The summed E-state index contributed by atoms with van der Waals surface area (Å²) in [4.78, 5) is 15.1. The van der Waals surface area contributed by atoms with E-state index in [4.69, 9.17) is 9.47 Å². The topological polar surface area (TPSA) is 38.8 Å². The van der Waals surface area contributed by atoms with E-state index in [1.807, 2.05) is 77.7 Å². The van der Waals surface area contributed by atoms with Crippen molar-refractivity contribution in [1.29, 1.82) is 0 Å². The number of amides is 1. The van der Waals surface area contributed by atoms with E-state index in [0.29, 0.717) is 18.7 Å². The normalized spacial score (nSPS) is 12.0. The summed E-state index contributed by atoms with van der Waals surface area (Å²) >= 11 is 0. The smallest absolute Gasteiger partial charge is 0.254 e. The minimum absolute atomic E-state index is 0.0178. The van der Waals surface area contributed by atoms with Gasteiger partial charge in [-0.3, -0.25) is 4.79 Å². The van der Waals surface area contributed by atoms with Crippen molar-refractivity contribution in [3.8, 4) is 11.5 Å². The van der Waals surface area contributed by atoms with Gasteiger partial charge in [0.1, 0.15) is 0 Å². The Bertz CT molecular complexity index is 951. The van der Waals surface area contributed by atoms with Gasteiger partial charge in [0.25, 0.3) is 5.91 Å². The molecule has 0 bridgehead atoms. The van der Waals surface area contributed by atoms with Crippen molar-refractivity contribution >= 4 is 5.91 Å². The summed E-state index contributed by atoms with van der Waals surface area (Å²) in [6, 6.07) is 23.8. The highest BCUT2D eigenvalue weighted by atomic mass is 16.7. The molecule has 0 aromatic heterocycles. The predicted octanol–water partition coefficient (Wildman–Crippen LogP) is 4.82. The minimum Gasteiger partial charge on any atom is -0.454 e. The summed E-state index contributed by atoms with van der Waals surface area (Å²) < 4.78 is 10.9. The maximum absolute atomic E-state index is 13.3. The molecule has 0 saturated carbocycles. The first kappa shape index (κ1) is 18.1. The van der Waals surface area contributed by atoms with Crippen LogP contribution in [0.15, 0.2) is 72.8 Å². The lowest BCUT2D eigenvalue weighted by Gasteiger charge is -2.23. The van der Waals surface area contributed by atoms with Crippen LogP contribution in [0.5, 0.6) is 11.5 Å². The Labute approximate surface area is 165 Å². The zero-order chi connectivity index (χ0) is 19.3. The maximum atomic E-state index is 13.3. The Morgan fingerprint density at radius 1 is 0.821 bits per heavy atom. The molecule has 142 valence electrons. The van der Waals surface area contributed by atoms with Gasteiger partial charge in [-0.25, -0.2) is 0 Å². The van der Waals surface area contributed by atoms with E-state index in [-0.39, 0.29) is 12.7 Å². The van der Waals surface area contributed by atoms with Crippen LogP contribution in [0.4, 0.5) is 0 Å². The number of hydrogen-bond acceptors (Lipinski definition) is 3. The van der Waals surface area contributed by atoms with Crippen molar-refractivity contribution in [3.63, 3.8) is 0 Å². The largest absolute Gasteiger partial charge is 0.454 e. The summed E-state index contributed by atoms with van der Waals surface area (Å²) in [6.07, 6.45) is 0.958. The zero-order valence-electron chi connectivity index (χ0n) is 15.9. The highest BCUT2D eigenvalue weighted by molar-refractivity contribution is 5.94. The number of carbonyl (C=O) groups is 1. The standard InChI is InChI=1S/C24H23NO3/c1-2-18-8-11-21(12-9-18)24(26)25(15-19-6-4-3-5-7-19)16-20-10-13-22-23(14-20)28-17-27-22/h3-14H,2,15-17H2,1H3. The summed E-state index contributed by atoms with van der Waals surface area (Å²) in [6.45, 7) is 3.40. The summed E-state index contributed by atoms with van der Waals surface area (Å²) in [5.41, 5.74) is 4.04. The molecule has 0 saturated heterocycles. The van der Waals surface area contributed by atoms with Crippen molar-refractivity contribution < 1.29 is 14.3 Å². The highest BCUT2D eigenvalue weighted by Gasteiger charge is 2.19. The number of aryl methyl sites for hydroxylation is 1. The molecule has 1 aliphatic rings. The molecule has 28 heavy (non-hydrogen) atoms. The predicted molar refractivity (Wildman–Crippen MR) is 108 cm³/mol. The molecule has 1 aliphatic heterocycles. The van der Waals surface area contributed by atoms with E-state index in [1.54, 1.807) is 0 Å². The molecule has 1 heterocycles. The summed E-state index contributed by atoms with van der Waals surface area (Å²) in [5.74, 6) is 1.50. The van der Waals surface area contributed by atoms with Crippen LogP contribution in [0.1, 0.15) is 34.0 Å². The van der Waals surface area contributed by atoms with Crippen LogP contribution < -0.4 is 9.47 Å². The van der Waals surface area contributed by atoms with Crippen LogP contribution >= 0.6 is 0 Å². The fourth-order valence-corrected chi connectivity index (χ4v) is 3.33. The van der Waals surface area contributed by atoms with Crippen LogP contribution in [0.25, 0.3) is 0 Å². The molecule has 0 fully saturated rings. The second kappa shape index (κ2) is 8.17. The van der Waals surface area contributed by atoms with Crippen molar-refractivity contribution in [2.24, 2.45) is 0 Å².